The molecular weight excluding hydrogens is 356 g/mol. The minimum Gasteiger partial charge on any atom is -0.467 e. The molecule has 3 N–H and O–H groups in total. The summed E-state index contributed by atoms with van der Waals surface area (Å²) in [5.74, 6) is 1.52. The first kappa shape index (κ1) is 21.5. The lowest BCUT2D eigenvalue weighted by atomic mass is 10.1. The Bertz CT molecular complexity index is 729. The number of ether oxygens (including phenoxy) is 1. The molecule has 0 aliphatic carbocycles. The van der Waals surface area contributed by atoms with E-state index in [0.717, 1.165) is 36.8 Å². The summed E-state index contributed by atoms with van der Waals surface area (Å²) < 4.78 is 10.8. The third-order valence-corrected chi connectivity index (χ3v) is 3.87. The van der Waals surface area contributed by atoms with E-state index in [1.54, 1.807) is 6.26 Å². The number of nitrogens with zero attached hydrogens (tertiary/aromatic N) is 1. The highest BCUT2D eigenvalue weighted by molar-refractivity contribution is 5.94. The molecule has 0 aliphatic rings. The number of hydrogen-bond donors (Lipinski definition) is 3. The third kappa shape index (κ3) is 7.84. The van der Waals surface area contributed by atoms with Crippen LogP contribution < -0.4 is 16.0 Å². The van der Waals surface area contributed by atoms with Crippen molar-refractivity contribution in [1.29, 1.82) is 0 Å². The highest BCUT2D eigenvalue weighted by atomic mass is 16.5. The number of carbonyl (C=O) groups excluding carboxylic acids is 1. The summed E-state index contributed by atoms with van der Waals surface area (Å²) in [6, 6.07) is 11.3. The van der Waals surface area contributed by atoms with Crippen molar-refractivity contribution in [3.63, 3.8) is 0 Å². The summed E-state index contributed by atoms with van der Waals surface area (Å²) in [7, 11) is 0. The summed E-state index contributed by atoms with van der Waals surface area (Å²) >= 11 is 0. The summed E-state index contributed by atoms with van der Waals surface area (Å²) in [6.07, 6.45) is 2.50. The Morgan fingerprint density at radius 3 is 2.71 bits per heavy atom. The van der Waals surface area contributed by atoms with Crippen molar-refractivity contribution in [1.82, 2.24) is 16.0 Å². The lowest BCUT2D eigenvalue weighted by Crippen LogP contribution is -2.38. The molecule has 28 heavy (non-hydrogen) atoms. The van der Waals surface area contributed by atoms with Crippen molar-refractivity contribution < 1.29 is 13.9 Å². The largest absolute Gasteiger partial charge is 0.467 e. The number of furan rings is 1. The molecule has 1 heterocycles. The van der Waals surface area contributed by atoms with E-state index in [2.05, 4.69) is 20.9 Å². The van der Waals surface area contributed by atoms with E-state index < -0.39 is 0 Å². The number of rotatable bonds is 11. The van der Waals surface area contributed by atoms with E-state index in [0.29, 0.717) is 31.9 Å². The number of aliphatic imine (C=N–C) groups is 1. The molecule has 7 heteroatoms. The second-order valence-corrected chi connectivity index (χ2v) is 6.17. The van der Waals surface area contributed by atoms with Crippen molar-refractivity contribution in [2.24, 2.45) is 4.99 Å². The van der Waals surface area contributed by atoms with Gasteiger partial charge in [0, 0.05) is 31.8 Å². The van der Waals surface area contributed by atoms with Crippen molar-refractivity contribution in [3.05, 3.63) is 59.5 Å². The number of amides is 1. The van der Waals surface area contributed by atoms with Gasteiger partial charge in [-0.3, -0.25) is 4.79 Å². The van der Waals surface area contributed by atoms with E-state index in [9.17, 15) is 4.79 Å². The van der Waals surface area contributed by atoms with Crippen molar-refractivity contribution in [2.45, 2.75) is 33.4 Å². The van der Waals surface area contributed by atoms with Crippen LogP contribution in [-0.2, 0) is 17.9 Å². The first-order valence-electron chi connectivity index (χ1n) is 9.72. The second-order valence-electron chi connectivity index (χ2n) is 6.17. The van der Waals surface area contributed by atoms with Crippen LogP contribution in [0.3, 0.4) is 0 Å². The highest BCUT2D eigenvalue weighted by Crippen LogP contribution is 2.07. The maximum Gasteiger partial charge on any atom is 0.251 e. The van der Waals surface area contributed by atoms with Gasteiger partial charge < -0.3 is 25.1 Å². The number of carbonyl (C=O) groups is 1. The van der Waals surface area contributed by atoms with Crippen molar-refractivity contribution in [3.8, 4) is 0 Å². The van der Waals surface area contributed by atoms with Crippen LogP contribution in [0.4, 0.5) is 0 Å². The Hall–Kier alpha value is -2.80. The van der Waals surface area contributed by atoms with Crippen molar-refractivity contribution in [2.75, 3.05) is 26.2 Å². The first-order valence-corrected chi connectivity index (χ1v) is 9.72. The Morgan fingerprint density at radius 2 is 1.96 bits per heavy atom. The fourth-order valence-electron chi connectivity index (χ4n) is 2.53. The molecular formula is C21H30N4O3. The third-order valence-electron chi connectivity index (χ3n) is 3.87. The molecule has 1 amide bonds. The normalized spacial score (nSPS) is 11.3. The summed E-state index contributed by atoms with van der Waals surface area (Å²) in [4.78, 5) is 16.5. The SMILES string of the molecule is CCNC(=O)c1cccc(CN=C(NCC)NCCCOCc2ccco2)c1. The van der Waals surface area contributed by atoms with Crippen LogP contribution in [0.5, 0.6) is 0 Å². The Balaban J connectivity index is 1.76. The van der Waals surface area contributed by atoms with Gasteiger partial charge in [-0.2, -0.15) is 0 Å². The molecule has 2 aromatic rings. The number of hydrogen-bond acceptors (Lipinski definition) is 4. The van der Waals surface area contributed by atoms with Crippen LogP contribution in [0.25, 0.3) is 0 Å². The monoisotopic (exact) mass is 386 g/mol. The number of nitrogens with one attached hydrogen (secondary N) is 3. The molecule has 152 valence electrons. The van der Waals surface area contributed by atoms with Crippen LogP contribution in [0, 0.1) is 0 Å². The Labute approximate surface area is 166 Å². The smallest absolute Gasteiger partial charge is 0.251 e. The van der Waals surface area contributed by atoms with Gasteiger partial charge in [0.05, 0.1) is 12.8 Å². The average Bonchev–Trinajstić information content (AvgIpc) is 3.22. The predicted molar refractivity (Wildman–Crippen MR) is 110 cm³/mol. The Kier molecular flexibility index (Phi) is 9.65. The quantitative estimate of drug-likeness (QED) is 0.314. The standard InChI is InChI=1S/C21H30N4O3/c1-3-22-20(26)18-9-5-8-17(14-18)15-25-21(23-4-2)24-11-7-12-27-16-19-10-6-13-28-19/h5-6,8-10,13-14H,3-4,7,11-12,15-16H2,1-2H3,(H,22,26)(H2,23,24,25). The molecule has 2 rings (SSSR count). The van der Waals surface area contributed by atoms with Gasteiger partial charge in [-0.25, -0.2) is 4.99 Å². The molecule has 7 nitrogen and oxygen atoms in total. The van der Waals surface area contributed by atoms with Gasteiger partial charge in [0.15, 0.2) is 5.96 Å². The molecule has 0 spiro atoms. The fourth-order valence-corrected chi connectivity index (χ4v) is 2.53. The van der Waals surface area contributed by atoms with Gasteiger partial charge >= 0.3 is 0 Å². The molecule has 0 saturated heterocycles. The average molecular weight is 386 g/mol. The van der Waals surface area contributed by atoms with Gasteiger partial charge in [-0.15, -0.1) is 0 Å². The zero-order valence-corrected chi connectivity index (χ0v) is 16.7. The van der Waals surface area contributed by atoms with Gasteiger partial charge in [-0.1, -0.05) is 12.1 Å². The summed E-state index contributed by atoms with van der Waals surface area (Å²) in [6.45, 7) is 7.70. The second kappa shape index (κ2) is 12.6. The zero-order valence-electron chi connectivity index (χ0n) is 16.7. The van der Waals surface area contributed by atoms with Crippen LogP contribution in [0.2, 0.25) is 0 Å². The van der Waals surface area contributed by atoms with Crippen LogP contribution in [0.1, 0.15) is 41.9 Å². The number of guanidine groups is 1. The Morgan fingerprint density at radius 1 is 1.11 bits per heavy atom. The van der Waals surface area contributed by atoms with E-state index in [1.165, 1.54) is 0 Å². The summed E-state index contributed by atoms with van der Waals surface area (Å²) in [5.41, 5.74) is 1.64. The maximum absolute atomic E-state index is 12.0. The lowest BCUT2D eigenvalue weighted by molar-refractivity contribution is 0.0955. The van der Waals surface area contributed by atoms with Crippen LogP contribution >= 0.6 is 0 Å². The molecule has 0 radical (unpaired) electrons. The molecule has 1 aromatic carbocycles. The zero-order chi connectivity index (χ0) is 20.0. The first-order chi connectivity index (χ1) is 13.7. The molecule has 0 bridgehead atoms. The van der Waals surface area contributed by atoms with Crippen molar-refractivity contribution >= 4 is 11.9 Å². The fraction of sp³-hybridized carbons (Fsp3) is 0.429. The van der Waals surface area contributed by atoms with Gasteiger partial charge in [0.25, 0.3) is 5.91 Å². The van der Waals surface area contributed by atoms with E-state index in [4.69, 9.17) is 9.15 Å². The molecule has 0 unspecified atom stereocenters. The molecule has 0 fully saturated rings. The van der Waals surface area contributed by atoms with Gasteiger partial charge in [0.2, 0.25) is 0 Å². The van der Waals surface area contributed by atoms with E-state index in [-0.39, 0.29) is 5.91 Å². The van der Waals surface area contributed by atoms with Crippen LogP contribution in [-0.4, -0.2) is 38.1 Å². The minimum atomic E-state index is -0.0621. The number of benzene rings is 1. The molecule has 0 aliphatic heterocycles. The minimum absolute atomic E-state index is 0.0621. The maximum atomic E-state index is 12.0. The summed E-state index contributed by atoms with van der Waals surface area (Å²) in [5, 5.41) is 9.34. The van der Waals surface area contributed by atoms with Crippen LogP contribution in [0.15, 0.2) is 52.1 Å². The topological polar surface area (TPSA) is 87.9 Å². The molecule has 0 atom stereocenters. The van der Waals surface area contributed by atoms with Gasteiger partial charge in [-0.05, 0) is 50.1 Å². The van der Waals surface area contributed by atoms with Gasteiger partial charge in [0.1, 0.15) is 12.4 Å². The molecule has 0 saturated carbocycles. The highest BCUT2D eigenvalue weighted by Gasteiger charge is 2.05. The van der Waals surface area contributed by atoms with E-state index >= 15 is 0 Å². The molecule has 1 aromatic heterocycles. The predicted octanol–water partition coefficient (Wildman–Crippen LogP) is 2.69. The lowest BCUT2D eigenvalue weighted by Gasteiger charge is -2.11. The van der Waals surface area contributed by atoms with E-state index in [1.807, 2.05) is 50.2 Å².